The van der Waals surface area contributed by atoms with Crippen molar-refractivity contribution in [1.29, 1.82) is 0 Å². The van der Waals surface area contributed by atoms with E-state index in [4.69, 9.17) is 0 Å². The van der Waals surface area contributed by atoms with Crippen LogP contribution in [0.1, 0.15) is 19.3 Å². The van der Waals surface area contributed by atoms with Crippen LogP contribution >= 0.6 is 11.8 Å². The summed E-state index contributed by atoms with van der Waals surface area (Å²) in [5, 5.41) is 7.07. The van der Waals surface area contributed by atoms with Crippen LogP contribution in [-0.4, -0.2) is 60.6 Å². The zero-order valence-electron chi connectivity index (χ0n) is 14.1. The Morgan fingerprint density at radius 1 is 1.15 bits per heavy atom. The zero-order valence-corrected chi connectivity index (χ0v) is 14.9. The van der Waals surface area contributed by atoms with Crippen molar-refractivity contribution in [1.82, 2.24) is 30.0 Å². The summed E-state index contributed by atoms with van der Waals surface area (Å²) in [6, 6.07) is 1.56. The number of aromatic nitrogens is 5. The predicted molar refractivity (Wildman–Crippen MR) is 95.9 cm³/mol. The Hall–Kier alpha value is -2.49. The van der Waals surface area contributed by atoms with E-state index >= 15 is 0 Å². The second-order valence-corrected chi connectivity index (χ2v) is 7.45. The van der Waals surface area contributed by atoms with Crippen molar-refractivity contribution in [3.05, 3.63) is 25.0 Å². The fourth-order valence-corrected chi connectivity index (χ4v) is 4.18. The van der Waals surface area contributed by atoms with Gasteiger partial charge >= 0.3 is 0 Å². The Bertz CT molecular complexity index is 790. The van der Waals surface area contributed by atoms with Crippen LogP contribution in [0.2, 0.25) is 0 Å². The normalized spacial score (nSPS) is 21.2. The molecule has 1 amide bonds. The zero-order chi connectivity index (χ0) is 17.9. The maximum atomic E-state index is 12.4. The number of amides is 1. The number of carbonyl (C=O) groups is 2. The lowest BCUT2D eigenvalue weighted by Crippen LogP contribution is -2.45. The van der Waals surface area contributed by atoms with Gasteiger partial charge in [-0.05, 0) is 19.3 Å². The number of hydrogen-bond acceptors (Lipinski definition) is 8. The van der Waals surface area contributed by atoms with Gasteiger partial charge in [-0.3, -0.25) is 9.59 Å². The van der Waals surface area contributed by atoms with E-state index in [1.54, 1.807) is 11.0 Å². The van der Waals surface area contributed by atoms with E-state index in [0.717, 1.165) is 43.9 Å². The first kappa shape index (κ1) is 17.0. The van der Waals surface area contributed by atoms with Gasteiger partial charge in [-0.2, -0.15) is 5.10 Å². The molecule has 0 spiro atoms. The standard InChI is InChI=1S/C16H19N7O2S/c24-15(21-12-3-6-26-16(12)25)11-1-4-22(5-2-11)13-7-14(19-9-18-13)23-10-17-8-20-23/h7-12H,1-6H2,(H,21,24). The third-order valence-electron chi connectivity index (χ3n) is 4.73. The van der Waals surface area contributed by atoms with Crippen molar-refractivity contribution in [2.45, 2.75) is 25.3 Å². The summed E-state index contributed by atoms with van der Waals surface area (Å²) in [6.07, 6.45) is 6.77. The van der Waals surface area contributed by atoms with Gasteiger partial charge in [0.25, 0.3) is 0 Å². The van der Waals surface area contributed by atoms with Gasteiger partial charge in [-0.1, -0.05) is 11.8 Å². The molecule has 0 saturated carbocycles. The lowest BCUT2D eigenvalue weighted by molar-refractivity contribution is -0.128. The van der Waals surface area contributed by atoms with E-state index in [0.29, 0.717) is 5.82 Å². The molecular formula is C16H19N7O2S. The van der Waals surface area contributed by atoms with E-state index in [-0.39, 0.29) is 23.0 Å². The number of rotatable bonds is 4. The van der Waals surface area contributed by atoms with E-state index in [1.807, 2.05) is 6.07 Å². The highest BCUT2D eigenvalue weighted by atomic mass is 32.2. The molecule has 2 fully saturated rings. The summed E-state index contributed by atoms with van der Waals surface area (Å²) >= 11 is 1.30. The van der Waals surface area contributed by atoms with Gasteiger partial charge in [0, 0.05) is 30.8 Å². The number of anilines is 1. The minimum absolute atomic E-state index is 0.00325. The molecule has 26 heavy (non-hydrogen) atoms. The predicted octanol–water partition coefficient (Wildman–Crippen LogP) is 0.422. The van der Waals surface area contributed by atoms with Gasteiger partial charge in [0.2, 0.25) is 11.0 Å². The van der Waals surface area contributed by atoms with Gasteiger partial charge < -0.3 is 10.2 Å². The Morgan fingerprint density at radius 2 is 1.96 bits per heavy atom. The number of nitrogens with zero attached hydrogens (tertiary/aromatic N) is 6. The molecule has 2 aliphatic heterocycles. The second-order valence-electron chi connectivity index (χ2n) is 6.35. The van der Waals surface area contributed by atoms with Crippen LogP contribution in [0.15, 0.2) is 25.0 Å². The molecule has 4 heterocycles. The van der Waals surface area contributed by atoms with Crippen LogP contribution in [0.3, 0.4) is 0 Å². The fourth-order valence-electron chi connectivity index (χ4n) is 3.25. The van der Waals surface area contributed by atoms with Crippen molar-refractivity contribution in [3.63, 3.8) is 0 Å². The van der Waals surface area contributed by atoms with E-state index in [9.17, 15) is 9.59 Å². The van der Waals surface area contributed by atoms with Gasteiger partial charge in [0.05, 0.1) is 6.04 Å². The Labute approximate surface area is 154 Å². The molecule has 1 atom stereocenters. The quantitative estimate of drug-likeness (QED) is 0.822. The molecule has 1 unspecified atom stereocenters. The fraction of sp³-hybridized carbons (Fsp3) is 0.500. The number of carbonyl (C=O) groups excluding carboxylic acids is 2. The third kappa shape index (κ3) is 3.55. The molecule has 2 saturated heterocycles. The SMILES string of the molecule is O=C(NC1CCSC1=O)C1CCN(c2cc(-n3cncn3)ncn2)CC1. The maximum Gasteiger partial charge on any atom is 0.223 e. The Morgan fingerprint density at radius 3 is 2.65 bits per heavy atom. The number of piperidine rings is 1. The molecule has 136 valence electrons. The van der Waals surface area contributed by atoms with E-state index in [2.05, 4.69) is 30.3 Å². The highest BCUT2D eigenvalue weighted by Crippen LogP contribution is 2.24. The molecule has 0 bridgehead atoms. The van der Waals surface area contributed by atoms with Crippen LogP contribution in [0.25, 0.3) is 5.82 Å². The molecular weight excluding hydrogens is 354 g/mol. The highest BCUT2D eigenvalue weighted by Gasteiger charge is 2.31. The average molecular weight is 373 g/mol. The van der Waals surface area contributed by atoms with Crippen LogP contribution in [0.4, 0.5) is 5.82 Å². The van der Waals surface area contributed by atoms with Crippen LogP contribution < -0.4 is 10.2 Å². The van der Waals surface area contributed by atoms with Crippen molar-refractivity contribution < 1.29 is 9.59 Å². The molecule has 9 nitrogen and oxygen atoms in total. The van der Waals surface area contributed by atoms with Gasteiger partial charge in [-0.25, -0.2) is 19.6 Å². The molecule has 4 rings (SSSR count). The van der Waals surface area contributed by atoms with E-state index < -0.39 is 0 Å². The molecule has 2 aromatic rings. The lowest BCUT2D eigenvalue weighted by Gasteiger charge is -2.32. The molecule has 0 radical (unpaired) electrons. The number of nitrogens with one attached hydrogen (secondary N) is 1. The molecule has 2 aromatic heterocycles. The minimum atomic E-state index is -0.308. The summed E-state index contributed by atoms with van der Waals surface area (Å²) in [6.45, 7) is 1.47. The van der Waals surface area contributed by atoms with Crippen molar-refractivity contribution >= 4 is 28.6 Å². The molecule has 0 aliphatic carbocycles. The summed E-state index contributed by atoms with van der Waals surface area (Å²) in [5.41, 5.74) is 0. The average Bonchev–Trinajstić information content (AvgIpc) is 3.35. The minimum Gasteiger partial charge on any atom is -0.356 e. The molecule has 1 N–H and O–H groups in total. The summed E-state index contributed by atoms with van der Waals surface area (Å²) in [5.74, 6) is 2.21. The largest absolute Gasteiger partial charge is 0.356 e. The number of thioether (sulfide) groups is 1. The Kier molecular flexibility index (Phi) is 4.83. The summed E-state index contributed by atoms with van der Waals surface area (Å²) in [7, 11) is 0. The monoisotopic (exact) mass is 373 g/mol. The first-order valence-electron chi connectivity index (χ1n) is 8.60. The maximum absolute atomic E-state index is 12.4. The van der Waals surface area contributed by atoms with Gasteiger partial charge in [0.15, 0.2) is 5.82 Å². The third-order valence-corrected chi connectivity index (χ3v) is 5.74. The van der Waals surface area contributed by atoms with Crippen LogP contribution in [-0.2, 0) is 9.59 Å². The Balaban J connectivity index is 1.35. The molecule has 10 heteroatoms. The second kappa shape index (κ2) is 7.40. The topological polar surface area (TPSA) is 106 Å². The first-order chi connectivity index (χ1) is 12.7. The van der Waals surface area contributed by atoms with Gasteiger partial charge in [-0.15, -0.1) is 0 Å². The van der Waals surface area contributed by atoms with Crippen molar-refractivity contribution in [3.8, 4) is 5.82 Å². The number of hydrogen-bond donors (Lipinski definition) is 1. The molecule has 0 aromatic carbocycles. The highest BCUT2D eigenvalue weighted by molar-refractivity contribution is 8.14. The van der Waals surface area contributed by atoms with E-state index in [1.165, 1.54) is 24.4 Å². The summed E-state index contributed by atoms with van der Waals surface area (Å²) < 4.78 is 1.59. The van der Waals surface area contributed by atoms with Gasteiger partial charge in [0.1, 0.15) is 24.8 Å². The van der Waals surface area contributed by atoms with Crippen molar-refractivity contribution in [2.24, 2.45) is 5.92 Å². The summed E-state index contributed by atoms with van der Waals surface area (Å²) in [4.78, 5) is 38.7. The molecule has 2 aliphatic rings. The lowest BCUT2D eigenvalue weighted by atomic mass is 9.95. The van der Waals surface area contributed by atoms with Crippen molar-refractivity contribution in [2.75, 3.05) is 23.7 Å². The van der Waals surface area contributed by atoms with Crippen LogP contribution in [0.5, 0.6) is 0 Å². The van der Waals surface area contributed by atoms with Crippen LogP contribution in [0, 0.1) is 5.92 Å². The smallest absolute Gasteiger partial charge is 0.223 e. The first-order valence-corrected chi connectivity index (χ1v) is 9.58.